The molecule has 1 aromatic rings. The quantitative estimate of drug-likeness (QED) is 0.789. The Morgan fingerprint density at radius 3 is 2.94 bits per heavy atom. The zero-order valence-corrected chi connectivity index (χ0v) is 11.2. The molecule has 0 spiro atoms. The zero-order chi connectivity index (χ0) is 12.9. The van der Waals surface area contributed by atoms with Crippen molar-refractivity contribution in [3.8, 4) is 0 Å². The van der Waals surface area contributed by atoms with Crippen LogP contribution >= 0.6 is 0 Å². The highest BCUT2D eigenvalue weighted by Gasteiger charge is 2.44. The molecule has 2 saturated heterocycles. The standard InChI is InChI=1S/C13H20N4O/c1-8-4-10-5-14-7-12(10)17(8)13(18)11-6-15-16(3)9(11)2/h6,8,10,12,14H,4-5,7H2,1-3H3. The molecule has 3 heterocycles. The molecule has 0 radical (unpaired) electrons. The summed E-state index contributed by atoms with van der Waals surface area (Å²) in [5.41, 5.74) is 1.69. The van der Waals surface area contributed by atoms with Crippen molar-refractivity contribution in [3.05, 3.63) is 17.5 Å². The van der Waals surface area contributed by atoms with Gasteiger partial charge in [-0.05, 0) is 26.2 Å². The van der Waals surface area contributed by atoms with E-state index in [0.717, 1.165) is 30.8 Å². The number of carbonyl (C=O) groups excluding carboxylic acids is 1. The Hall–Kier alpha value is -1.36. The lowest BCUT2D eigenvalue weighted by atomic mass is 10.0. The molecule has 2 aliphatic heterocycles. The van der Waals surface area contributed by atoms with Gasteiger partial charge in [-0.2, -0.15) is 5.10 Å². The van der Waals surface area contributed by atoms with Crippen LogP contribution in [0.4, 0.5) is 0 Å². The summed E-state index contributed by atoms with van der Waals surface area (Å²) in [6, 6.07) is 0.710. The first-order valence-corrected chi connectivity index (χ1v) is 6.61. The number of aromatic nitrogens is 2. The molecule has 0 aromatic carbocycles. The summed E-state index contributed by atoms with van der Waals surface area (Å²) in [6.07, 6.45) is 2.81. The van der Waals surface area contributed by atoms with E-state index >= 15 is 0 Å². The van der Waals surface area contributed by atoms with E-state index in [1.807, 2.05) is 14.0 Å². The second kappa shape index (κ2) is 4.09. The summed E-state index contributed by atoms with van der Waals surface area (Å²) in [4.78, 5) is 14.7. The van der Waals surface area contributed by atoms with E-state index in [2.05, 4.69) is 22.2 Å². The molecule has 0 aliphatic carbocycles. The van der Waals surface area contributed by atoms with Crippen molar-refractivity contribution >= 4 is 5.91 Å². The van der Waals surface area contributed by atoms with Crippen LogP contribution in [0.2, 0.25) is 0 Å². The SMILES string of the molecule is Cc1c(C(=O)N2C(C)CC3CNCC32)cnn1C. The maximum absolute atomic E-state index is 12.7. The Balaban J connectivity index is 1.90. The topological polar surface area (TPSA) is 50.2 Å². The average molecular weight is 248 g/mol. The lowest BCUT2D eigenvalue weighted by Crippen LogP contribution is -2.42. The lowest BCUT2D eigenvalue weighted by Gasteiger charge is -2.27. The summed E-state index contributed by atoms with van der Waals surface area (Å²) >= 11 is 0. The number of hydrogen-bond donors (Lipinski definition) is 1. The third-order valence-corrected chi connectivity index (χ3v) is 4.48. The summed E-state index contributed by atoms with van der Waals surface area (Å²) < 4.78 is 1.76. The minimum atomic E-state index is 0.143. The van der Waals surface area contributed by atoms with Gasteiger partial charge in [0.25, 0.3) is 5.91 Å². The summed E-state index contributed by atoms with van der Waals surface area (Å²) in [7, 11) is 1.87. The molecule has 18 heavy (non-hydrogen) atoms. The number of fused-ring (bicyclic) bond motifs is 1. The predicted octanol–water partition coefficient (Wildman–Crippen LogP) is 0.551. The Kier molecular flexibility index (Phi) is 2.66. The molecule has 2 fully saturated rings. The molecular formula is C13H20N4O. The lowest BCUT2D eigenvalue weighted by molar-refractivity contribution is 0.0681. The van der Waals surface area contributed by atoms with Crippen LogP contribution in [-0.4, -0.2) is 45.8 Å². The van der Waals surface area contributed by atoms with Crippen LogP contribution in [0.15, 0.2) is 6.20 Å². The van der Waals surface area contributed by atoms with Gasteiger partial charge in [-0.1, -0.05) is 0 Å². The van der Waals surface area contributed by atoms with E-state index in [-0.39, 0.29) is 5.91 Å². The van der Waals surface area contributed by atoms with E-state index < -0.39 is 0 Å². The molecule has 5 nitrogen and oxygen atoms in total. The Labute approximate surface area is 107 Å². The van der Waals surface area contributed by atoms with Crippen LogP contribution in [-0.2, 0) is 7.05 Å². The van der Waals surface area contributed by atoms with Crippen molar-refractivity contribution < 1.29 is 4.79 Å². The smallest absolute Gasteiger partial charge is 0.257 e. The van der Waals surface area contributed by atoms with Gasteiger partial charge in [0.2, 0.25) is 0 Å². The number of amides is 1. The first-order chi connectivity index (χ1) is 8.59. The van der Waals surface area contributed by atoms with E-state index in [0.29, 0.717) is 18.0 Å². The highest BCUT2D eigenvalue weighted by Crippen LogP contribution is 2.33. The molecule has 3 unspecified atom stereocenters. The minimum absolute atomic E-state index is 0.143. The van der Waals surface area contributed by atoms with Crippen LogP contribution in [0.3, 0.4) is 0 Å². The van der Waals surface area contributed by atoms with Crippen molar-refractivity contribution in [1.29, 1.82) is 0 Å². The van der Waals surface area contributed by atoms with Gasteiger partial charge in [-0.3, -0.25) is 9.48 Å². The number of nitrogens with zero attached hydrogens (tertiary/aromatic N) is 3. The van der Waals surface area contributed by atoms with Crippen LogP contribution in [0.5, 0.6) is 0 Å². The van der Waals surface area contributed by atoms with E-state index in [9.17, 15) is 4.79 Å². The molecular weight excluding hydrogens is 228 g/mol. The number of rotatable bonds is 1. The molecule has 98 valence electrons. The molecule has 3 atom stereocenters. The van der Waals surface area contributed by atoms with E-state index in [1.54, 1.807) is 10.9 Å². The predicted molar refractivity (Wildman–Crippen MR) is 68.3 cm³/mol. The Bertz CT molecular complexity index is 481. The van der Waals surface area contributed by atoms with Crippen LogP contribution < -0.4 is 5.32 Å². The fourth-order valence-corrected chi connectivity index (χ4v) is 3.36. The summed E-state index contributed by atoms with van der Waals surface area (Å²) in [5.74, 6) is 0.769. The van der Waals surface area contributed by atoms with Gasteiger partial charge in [-0.25, -0.2) is 0 Å². The van der Waals surface area contributed by atoms with Gasteiger partial charge in [0.1, 0.15) is 0 Å². The Morgan fingerprint density at radius 1 is 1.50 bits per heavy atom. The number of aryl methyl sites for hydroxylation is 1. The van der Waals surface area contributed by atoms with Gasteiger partial charge < -0.3 is 10.2 Å². The highest BCUT2D eigenvalue weighted by molar-refractivity contribution is 5.95. The largest absolute Gasteiger partial charge is 0.331 e. The first-order valence-electron chi connectivity index (χ1n) is 6.61. The van der Waals surface area contributed by atoms with Crippen LogP contribution in [0.1, 0.15) is 29.4 Å². The maximum Gasteiger partial charge on any atom is 0.257 e. The second-order valence-electron chi connectivity index (χ2n) is 5.55. The monoisotopic (exact) mass is 248 g/mol. The van der Waals surface area contributed by atoms with Gasteiger partial charge in [0, 0.05) is 37.9 Å². The second-order valence-corrected chi connectivity index (χ2v) is 5.55. The van der Waals surface area contributed by atoms with Gasteiger partial charge in [0.05, 0.1) is 11.8 Å². The number of carbonyl (C=O) groups is 1. The molecule has 2 aliphatic rings. The van der Waals surface area contributed by atoms with Crippen molar-refractivity contribution in [2.24, 2.45) is 13.0 Å². The van der Waals surface area contributed by atoms with Gasteiger partial charge >= 0.3 is 0 Å². The average Bonchev–Trinajstić information content (AvgIpc) is 2.95. The zero-order valence-electron chi connectivity index (χ0n) is 11.2. The molecule has 3 rings (SSSR count). The molecule has 5 heteroatoms. The normalized spacial score (nSPS) is 30.8. The van der Waals surface area contributed by atoms with E-state index in [1.165, 1.54) is 0 Å². The molecule has 1 amide bonds. The van der Waals surface area contributed by atoms with Gasteiger partial charge in [0.15, 0.2) is 0 Å². The van der Waals surface area contributed by atoms with Crippen molar-refractivity contribution in [2.45, 2.75) is 32.4 Å². The summed E-state index contributed by atoms with van der Waals surface area (Å²) in [6.45, 7) is 6.08. The van der Waals surface area contributed by atoms with Crippen LogP contribution in [0.25, 0.3) is 0 Å². The number of hydrogen-bond acceptors (Lipinski definition) is 3. The molecule has 0 bridgehead atoms. The van der Waals surface area contributed by atoms with Crippen molar-refractivity contribution in [3.63, 3.8) is 0 Å². The van der Waals surface area contributed by atoms with Gasteiger partial charge in [-0.15, -0.1) is 0 Å². The fraction of sp³-hybridized carbons (Fsp3) is 0.692. The fourth-order valence-electron chi connectivity index (χ4n) is 3.36. The van der Waals surface area contributed by atoms with Crippen molar-refractivity contribution in [2.75, 3.05) is 13.1 Å². The number of likely N-dealkylation sites (tertiary alicyclic amines) is 1. The van der Waals surface area contributed by atoms with Crippen molar-refractivity contribution in [1.82, 2.24) is 20.0 Å². The third kappa shape index (κ3) is 1.57. The summed E-state index contributed by atoms with van der Waals surface area (Å²) in [5, 5.41) is 7.56. The third-order valence-electron chi connectivity index (χ3n) is 4.48. The minimum Gasteiger partial charge on any atom is -0.331 e. The highest BCUT2D eigenvalue weighted by atomic mass is 16.2. The Morgan fingerprint density at radius 2 is 2.28 bits per heavy atom. The molecule has 0 saturated carbocycles. The number of nitrogens with one attached hydrogen (secondary N) is 1. The van der Waals surface area contributed by atoms with Crippen LogP contribution in [0, 0.1) is 12.8 Å². The first kappa shape index (κ1) is 11.7. The molecule has 1 aromatic heterocycles. The molecule has 1 N–H and O–H groups in total. The maximum atomic E-state index is 12.7. The van der Waals surface area contributed by atoms with E-state index in [4.69, 9.17) is 0 Å².